The van der Waals surface area contributed by atoms with Crippen LogP contribution in [0.3, 0.4) is 0 Å². The summed E-state index contributed by atoms with van der Waals surface area (Å²) in [4.78, 5) is 31.2. The van der Waals surface area contributed by atoms with E-state index in [0.29, 0.717) is 34.9 Å². The average molecular weight is 1590 g/mol. The number of aromatic nitrogens is 8. The van der Waals surface area contributed by atoms with Gasteiger partial charge in [0, 0.05) is 143 Å². The third kappa shape index (κ3) is 10.3. The third-order valence-corrected chi connectivity index (χ3v) is 29.0. The molecule has 0 saturated carbocycles. The second-order valence-electron chi connectivity index (χ2n) is 32.7. The zero-order valence-electron chi connectivity index (χ0n) is 65.5. The Kier molecular flexibility index (Phi) is 14.9. The summed E-state index contributed by atoms with van der Waals surface area (Å²) < 4.78 is 18.9. The maximum absolute atomic E-state index is 6.80. The summed E-state index contributed by atoms with van der Waals surface area (Å²) in [5.74, 6) is 3.85. The van der Waals surface area contributed by atoms with Gasteiger partial charge in [-0.05, 0) is 154 Å². The topological polar surface area (TPSA) is 100 Å². The van der Waals surface area contributed by atoms with Crippen molar-refractivity contribution in [3.05, 3.63) is 362 Å². The van der Waals surface area contributed by atoms with Crippen LogP contribution in [0.2, 0.25) is 0 Å². The highest BCUT2D eigenvalue weighted by Gasteiger charge is 2.38. The molecule has 0 spiro atoms. The van der Waals surface area contributed by atoms with E-state index in [4.69, 9.17) is 34.3 Å². The minimum Gasteiger partial charge on any atom is -0.455 e. The Labute approximate surface area is 700 Å². The van der Waals surface area contributed by atoms with Crippen molar-refractivity contribution in [2.75, 3.05) is 0 Å². The number of para-hydroxylation sites is 3. The molecule has 0 atom stereocenters. The molecule has 9 nitrogen and oxygen atoms in total. The molecule has 0 aliphatic heterocycles. The summed E-state index contributed by atoms with van der Waals surface area (Å²) in [6.45, 7) is 9.42. The molecule has 12 heteroatoms. The Morgan fingerprint density at radius 3 is 1.08 bits per heavy atom. The third-order valence-electron chi connectivity index (χ3n) is 25.3. The van der Waals surface area contributed by atoms with Crippen molar-refractivity contribution < 1.29 is 4.42 Å². The molecular weight excluding hydrogens is 1520 g/mol. The van der Waals surface area contributed by atoms with E-state index in [2.05, 4.69) is 340 Å². The SMILES string of the molecule is CC1(C)c2ccccc2-c2cc3c4ccccc4n(-c4ccc5oc6c(-c7nc(-c8ccccc8)nc(-c8cccc9c8sc8ccccc89)n7)cccc6c5c4)c3cc21.CC1(C)c2ccccc2-c2cc3c4ccccc4n(-c4ccc5sc6c(-c7nc(-c8ccccc8)nc(-c8cccc9c8sc8ccccc89)n7)cccc6c5c4)c3cc21. The van der Waals surface area contributed by atoms with Gasteiger partial charge in [-0.15, -0.1) is 34.0 Å². The van der Waals surface area contributed by atoms with E-state index in [1.165, 1.54) is 144 Å². The first-order chi connectivity index (χ1) is 59.0. The molecule has 2 aliphatic rings. The highest BCUT2D eigenvalue weighted by Crippen LogP contribution is 2.55. The molecule has 26 rings (SSSR count). The van der Waals surface area contributed by atoms with Crippen molar-refractivity contribution in [1.29, 1.82) is 0 Å². The van der Waals surface area contributed by atoms with Crippen molar-refractivity contribution >= 4 is 160 Å². The first kappa shape index (κ1) is 68.8. The van der Waals surface area contributed by atoms with Crippen LogP contribution in [0.15, 0.2) is 344 Å². The lowest BCUT2D eigenvalue weighted by molar-refractivity contribution is 0.661. The highest BCUT2D eigenvalue weighted by atomic mass is 32.1. The predicted octanol–water partition coefficient (Wildman–Crippen LogP) is 29.6. The van der Waals surface area contributed by atoms with Crippen molar-refractivity contribution in [3.63, 3.8) is 0 Å². The predicted molar refractivity (Wildman–Crippen MR) is 502 cm³/mol. The molecule has 0 fully saturated rings. The summed E-state index contributed by atoms with van der Waals surface area (Å²) in [5, 5.41) is 14.4. The van der Waals surface area contributed by atoms with Crippen LogP contribution in [0.4, 0.5) is 0 Å². The van der Waals surface area contributed by atoms with Gasteiger partial charge in [0.15, 0.2) is 34.9 Å². The fourth-order valence-electron chi connectivity index (χ4n) is 19.6. The fraction of sp³-hybridized carbons (Fsp3) is 0.0556. The first-order valence-corrected chi connectivity index (χ1v) is 43.2. The van der Waals surface area contributed by atoms with Gasteiger partial charge in [-0.3, -0.25) is 0 Å². The molecule has 8 heterocycles. The smallest absolute Gasteiger partial charge is 0.167 e. The minimum absolute atomic E-state index is 0.0923. The first-order valence-electron chi connectivity index (χ1n) is 40.7. The Morgan fingerprint density at radius 2 is 0.592 bits per heavy atom. The molecule has 16 aromatic carbocycles. The van der Waals surface area contributed by atoms with E-state index in [9.17, 15) is 0 Å². The van der Waals surface area contributed by atoms with Gasteiger partial charge in [0.2, 0.25) is 0 Å². The molecule has 0 N–H and O–H groups in total. The van der Waals surface area contributed by atoms with Gasteiger partial charge in [-0.1, -0.05) is 258 Å². The number of benzene rings is 16. The van der Waals surface area contributed by atoms with Gasteiger partial charge in [-0.2, -0.15) is 0 Å². The molecule has 0 saturated heterocycles. The van der Waals surface area contributed by atoms with Crippen molar-refractivity contribution in [2.45, 2.75) is 38.5 Å². The van der Waals surface area contributed by atoms with Crippen LogP contribution in [0.25, 0.3) is 228 Å². The second-order valence-corrected chi connectivity index (χ2v) is 35.9. The second kappa shape index (κ2) is 26.0. The summed E-state index contributed by atoms with van der Waals surface area (Å²) in [6.07, 6.45) is 0. The number of fused-ring (bicyclic) bond motifs is 24. The summed E-state index contributed by atoms with van der Waals surface area (Å²) in [6, 6.07) is 122. The van der Waals surface area contributed by atoms with Gasteiger partial charge in [0.05, 0.1) is 27.6 Å². The van der Waals surface area contributed by atoms with E-state index < -0.39 is 0 Å². The molecule has 564 valence electrons. The molecule has 0 unspecified atom stereocenters. The zero-order valence-corrected chi connectivity index (χ0v) is 68.0. The molecule has 2 aliphatic carbocycles. The van der Waals surface area contributed by atoms with Gasteiger partial charge >= 0.3 is 0 Å². The van der Waals surface area contributed by atoms with Crippen molar-refractivity contribution in [2.24, 2.45) is 0 Å². The van der Waals surface area contributed by atoms with Crippen LogP contribution in [0.5, 0.6) is 0 Å². The molecule has 8 aromatic heterocycles. The van der Waals surface area contributed by atoms with Crippen LogP contribution in [-0.4, -0.2) is 39.0 Å². The number of rotatable bonds is 8. The van der Waals surface area contributed by atoms with Crippen LogP contribution in [-0.2, 0) is 10.8 Å². The number of furan rings is 1. The van der Waals surface area contributed by atoms with Crippen LogP contribution in [0.1, 0.15) is 49.9 Å². The number of hydrogen-bond acceptors (Lipinski definition) is 10. The monoisotopic (exact) mass is 1590 g/mol. The van der Waals surface area contributed by atoms with Gasteiger partial charge in [0.25, 0.3) is 0 Å². The Balaban J connectivity index is 0.000000133. The van der Waals surface area contributed by atoms with E-state index in [-0.39, 0.29) is 10.8 Å². The molecule has 24 aromatic rings. The van der Waals surface area contributed by atoms with E-state index in [0.717, 1.165) is 71.4 Å². The molecule has 0 radical (unpaired) electrons. The normalized spacial score (nSPS) is 13.3. The van der Waals surface area contributed by atoms with Crippen LogP contribution in [0, 0.1) is 0 Å². The quantitative estimate of drug-likeness (QED) is 0.149. The maximum atomic E-state index is 6.80. The van der Waals surface area contributed by atoms with E-state index >= 15 is 0 Å². The lowest BCUT2D eigenvalue weighted by Crippen LogP contribution is -2.14. The molecule has 0 amide bonds. The molecule has 0 bridgehead atoms. The average Bonchev–Trinajstić information content (AvgIpc) is 1.55. The van der Waals surface area contributed by atoms with Crippen molar-refractivity contribution in [1.82, 2.24) is 39.0 Å². The Bertz CT molecular complexity index is 8010. The Morgan fingerprint density at radius 1 is 0.233 bits per heavy atom. The number of thiophene rings is 3. The van der Waals surface area contributed by atoms with Gasteiger partial charge in [-0.25, -0.2) is 29.9 Å². The Hall–Kier alpha value is -14.4. The summed E-state index contributed by atoms with van der Waals surface area (Å²) in [7, 11) is 0. The van der Waals surface area contributed by atoms with Gasteiger partial charge < -0.3 is 13.6 Å². The lowest BCUT2D eigenvalue weighted by Gasteiger charge is -2.21. The lowest BCUT2D eigenvalue weighted by atomic mass is 9.82. The summed E-state index contributed by atoms with van der Waals surface area (Å²) >= 11 is 5.38. The van der Waals surface area contributed by atoms with Crippen LogP contribution >= 0.6 is 34.0 Å². The van der Waals surface area contributed by atoms with E-state index in [1.807, 2.05) is 36.4 Å². The largest absolute Gasteiger partial charge is 0.455 e. The highest BCUT2D eigenvalue weighted by molar-refractivity contribution is 7.27. The van der Waals surface area contributed by atoms with E-state index in [1.54, 1.807) is 34.0 Å². The summed E-state index contributed by atoms with van der Waals surface area (Å²) in [5.41, 5.74) is 25.0. The number of nitrogens with zero attached hydrogens (tertiary/aromatic N) is 8. The fourth-order valence-corrected chi connectivity index (χ4v) is 23.2. The van der Waals surface area contributed by atoms with Crippen LogP contribution < -0.4 is 0 Å². The van der Waals surface area contributed by atoms with Gasteiger partial charge in [0.1, 0.15) is 11.2 Å². The standard InChI is InChI=1S/C54H34N4OS.C54H34N4S2/c1-54(2)43-23-9-6-16-33(43)40-29-41-34-17-7-10-24-45(34)58(46(41)30-44(40)54)32-26-27-47-42(28-32)36-19-12-21-38(49(36)59-47)52-55-51(31-14-4-3-5-15-31)56-53(57-52)39-22-13-20-37-35-18-8-11-25-48(35)60-50(37)39;1-54(2)43-23-9-6-16-33(43)40-29-41-34-17-7-10-24-45(34)58(46(41)30-44(40)54)32-26-27-48-42(28-32)37-20-13-22-39(50(37)60-48)53-56-51(31-14-4-3-5-15-31)55-52(57-53)38-21-12-19-36-35-18-8-11-25-47(35)59-49(36)38/h2*3-30H,1-2H3. The number of hydrogen-bond donors (Lipinski definition) is 0. The maximum Gasteiger partial charge on any atom is 0.167 e. The minimum atomic E-state index is -0.109. The molecular formula is C108H68N8OS3. The molecule has 120 heavy (non-hydrogen) atoms. The zero-order chi connectivity index (χ0) is 79.4. The van der Waals surface area contributed by atoms with Crippen molar-refractivity contribution in [3.8, 4) is 102 Å².